The Labute approximate surface area is 223 Å². The van der Waals surface area contributed by atoms with Crippen LogP contribution in [-0.4, -0.2) is 50.0 Å². The molecule has 0 spiro atoms. The second-order valence-corrected chi connectivity index (χ2v) is 12.0. The molecule has 7 nitrogen and oxygen atoms in total. The van der Waals surface area contributed by atoms with Crippen molar-refractivity contribution in [2.75, 3.05) is 12.8 Å². The highest BCUT2D eigenvalue weighted by atomic mass is 127. The molecule has 0 bridgehead atoms. The number of thioether (sulfide) groups is 1. The van der Waals surface area contributed by atoms with Crippen molar-refractivity contribution in [1.29, 1.82) is 5.26 Å². The number of carbonyl (C=O) groups is 1. The molecule has 3 aromatic rings. The average molecular weight is 660 g/mol. The standard InChI is InChI=1S/C23H24BrFIN5O2S/c1-23(2,3)33-22(32)30-8-6-13(9-12(30)5-7-27)31-11-28-19-20(31)14-10-15(26)16(24)17(25)18(14)29-21(19)34-4/h10-13H,5-6,8-9H2,1-4H3/t12-,13+/m1/s1. The zero-order valence-electron chi connectivity index (χ0n) is 19.2. The van der Waals surface area contributed by atoms with Gasteiger partial charge in [0.25, 0.3) is 0 Å². The van der Waals surface area contributed by atoms with Crippen molar-refractivity contribution in [3.63, 3.8) is 0 Å². The Bertz CT molecular complexity index is 1320. The van der Waals surface area contributed by atoms with Gasteiger partial charge in [0.05, 0.1) is 28.8 Å². The van der Waals surface area contributed by atoms with Crippen LogP contribution in [-0.2, 0) is 4.74 Å². The van der Waals surface area contributed by atoms with Gasteiger partial charge in [0.1, 0.15) is 21.7 Å². The van der Waals surface area contributed by atoms with E-state index in [1.165, 1.54) is 11.8 Å². The topological polar surface area (TPSA) is 84.0 Å². The molecule has 4 rings (SSSR count). The van der Waals surface area contributed by atoms with Crippen molar-refractivity contribution in [1.82, 2.24) is 19.4 Å². The number of benzene rings is 1. The van der Waals surface area contributed by atoms with Gasteiger partial charge in [-0.2, -0.15) is 5.26 Å². The van der Waals surface area contributed by atoms with E-state index in [0.717, 1.165) is 14.6 Å². The lowest BCUT2D eigenvalue weighted by atomic mass is 9.95. The van der Waals surface area contributed by atoms with Gasteiger partial charge in [-0.25, -0.2) is 19.2 Å². The summed E-state index contributed by atoms with van der Waals surface area (Å²) in [5.74, 6) is -0.394. The van der Waals surface area contributed by atoms with Crippen LogP contribution in [0.25, 0.3) is 21.9 Å². The molecule has 34 heavy (non-hydrogen) atoms. The minimum absolute atomic E-state index is 0.00767. The number of fused-ring (bicyclic) bond motifs is 3. The number of piperidine rings is 1. The van der Waals surface area contributed by atoms with Crippen LogP contribution in [0.5, 0.6) is 0 Å². The third-order valence-corrected chi connectivity index (χ3v) is 8.87. The lowest BCUT2D eigenvalue weighted by Crippen LogP contribution is -2.48. The molecular formula is C23H24BrFIN5O2S. The van der Waals surface area contributed by atoms with Gasteiger partial charge in [0, 0.05) is 27.6 Å². The molecule has 1 aromatic carbocycles. The summed E-state index contributed by atoms with van der Waals surface area (Å²) in [6, 6.07) is 3.84. The highest BCUT2D eigenvalue weighted by Gasteiger charge is 2.35. The van der Waals surface area contributed by atoms with E-state index in [0.29, 0.717) is 39.8 Å². The predicted octanol–water partition coefficient (Wildman–Crippen LogP) is 6.67. The van der Waals surface area contributed by atoms with Crippen LogP contribution in [0.15, 0.2) is 21.9 Å². The third-order valence-electron chi connectivity index (χ3n) is 5.83. The Morgan fingerprint density at radius 1 is 1.44 bits per heavy atom. The first-order valence-electron chi connectivity index (χ1n) is 10.8. The van der Waals surface area contributed by atoms with Crippen molar-refractivity contribution < 1.29 is 13.9 Å². The van der Waals surface area contributed by atoms with Crippen molar-refractivity contribution in [2.24, 2.45) is 0 Å². The van der Waals surface area contributed by atoms with Gasteiger partial charge in [-0.3, -0.25) is 0 Å². The van der Waals surface area contributed by atoms with Gasteiger partial charge in [0.15, 0.2) is 5.82 Å². The van der Waals surface area contributed by atoms with E-state index < -0.39 is 17.5 Å². The number of amides is 1. The summed E-state index contributed by atoms with van der Waals surface area (Å²) >= 11 is 6.86. The molecule has 0 aliphatic carbocycles. The zero-order chi connectivity index (χ0) is 24.8. The van der Waals surface area contributed by atoms with Gasteiger partial charge in [-0.05, 0) is 84.5 Å². The Hall–Kier alpha value is -1.65. The summed E-state index contributed by atoms with van der Waals surface area (Å²) in [4.78, 5) is 23.7. The van der Waals surface area contributed by atoms with Gasteiger partial charge in [0.2, 0.25) is 0 Å². The smallest absolute Gasteiger partial charge is 0.410 e. The maximum absolute atomic E-state index is 15.2. The van der Waals surface area contributed by atoms with Crippen LogP contribution in [0, 0.1) is 20.7 Å². The second-order valence-electron chi connectivity index (χ2n) is 9.22. The molecule has 1 saturated heterocycles. The molecule has 1 amide bonds. The molecule has 1 fully saturated rings. The minimum atomic E-state index is -0.610. The maximum Gasteiger partial charge on any atom is 0.410 e. The Morgan fingerprint density at radius 2 is 2.18 bits per heavy atom. The van der Waals surface area contributed by atoms with E-state index in [2.05, 4.69) is 59.1 Å². The molecule has 3 heterocycles. The summed E-state index contributed by atoms with van der Waals surface area (Å²) in [5.41, 5.74) is 1.24. The number of pyridine rings is 1. The van der Waals surface area contributed by atoms with Crippen LogP contribution in [0.3, 0.4) is 0 Å². The highest BCUT2D eigenvalue weighted by Crippen LogP contribution is 2.39. The molecule has 2 atom stereocenters. The Morgan fingerprint density at radius 3 is 2.82 bits per heavy atom. The maximum atomic E-state index is 15.2. The van der Waals surface area contributed by atoms with E-state index in [1.54, 1.807) is 11.2 Å². The number of carbonyl (C=O) groups excluding carboxylic acids is 1. The summed E-state index contributed by atoms with van der Waals surface area (Å²) < 4.78 is 24.0. The fourth-order valence-corrected chi connectivity index (χ4v) is 5.75. The van der Waals surface area contributed by atoms with Gasteiger partial charge in [-0.1, -0.05) is 0 Å². The first-order valence-corrected chi connectivity index (χ1v) is 13.9. The summed E-state index contributed by atoms with van der Waals surface area (Å²) in [6.45, 7) is 5.95. The van der Waals surface area contributed by atoms with Crippen LogP contribution in [0.4, 0.5) is 9.18 Å². The number of rotatable bonds is 3. The minimum Gasteiger partial charge on any atom is -0.444 e. The van der Waals surface area contributed by atoms with Crippen LogP contribution in [0.1, 0.15) is 46.1 Å². The molecule has 0 N–H and O–H groups in total. The van der Waals surface area contributed by atoms with Crippen molar-refractivity contribution >= 4 is 78.3 Å². The van der Waals surface area contributed by atoms with Gasteiger partial charge in [-0.15, -0.1) is 11.8 Å². The molecule has 1 aliphatic rings. The van der Waals surface area contributed by atoms with Crippen molar-refractivity contribution in [2.45, 2.75) is 62.7 Å². The number of imidazole rings is 1. The Balaban J connectivity index is 1.79. The number of nitrogens with zero attached hydrogens (tertiary/aromatic N) is 5. The summed E-state index contributed by atoms with van der Waals surface area (Å²) in [5, 5.41) is 10.8. The van der Waals surface area contributed by atoms with Crippen LogP contribution >= 0.6 is 50.3 Å². The fourth-order valence-electron chi connectivity index (χ4n) is 4.38. The molecule has 0 radical (unpaired) electrons. The second kappa shape index (κ2) is 9.78. The fraction of sp³-hybridized carbons (Fsp3) is 0.478. The normalized spacial score (nSPS) is 18.9. The van der Waals surface area contributed by atoms with Crippen molar-refractivity contribution in [3.8, 4) is 6.07 Å². The van der Waals surface area contributed by atoms with Crippen LogP contribution < -0.4 is 0 Å². The quantitative estimate of drug-likeness (QED) is 0.178. The van der Waals surface area contributed by atoms with E-state index >= 15 is 4.39 Å². The first-order chi connectivity index (χ1) is 16.1. The van der Waals surface area contributed by atoms with Crippen molar-refractivity contribution in [3.05, 3.63) is 26.3 Å². The average Bonchev–Trinajstić information content (AvgIpc) is 3.22. The first kappa shape index (κ1) is 25.4. The summed E-state index contributed by atoms with van der Waals surface area (Å²) in [6.07, 6.45) is 4.72. The number of hydrogen-bond acceptors (Lipinski definition) is 6. The molecule has 2 aromatic heterocycles. The highest BCUT2D eigenvalue weighted by molar-refractivity contribution is 14.1. The molecule has 0 unspecified atom stereocenters. The van der Waals surface area contributed by atoms with E-state index in [4.69, 9.17) is 4.74 Å². The number of ether oxygens (including phenoxy) is 1. The van der Waals surface area contributed by atoms with Gasteiger partial charge < -0.3 is 14.2 Å². The summed E-state index contributed by atoms with van der Waals surface area (Å²) in [7, 11) is 0. The largest absolute Gasteiger partial charge is 0.444 e. The number of nitriles is 1. The zero-order valence-corrected chi connectivity index (χ0v) is 23.8. The molecule has 180 valence electrons. The number of likely N-dealkylation sites (tertiary alicyclic amines) is 1. The monoisotopic (exact) mass is 659 g/mol. The lowest BCUT2D eigenvalue weighted by molar-refractivity contribution is 0.00618. The molecule has 1 aliphatic heterocycles. The Kier molecular flexibility index (Phi) is 7.32. The third kappa shape index (κ3) is 4.73. The lowest BCUT2D eigenvalue weighted by Gasteiger charge is -2.39. The molecule has 11 heteroatoms. The van der Waals surface area contributed by atoms with E-state index in [1.807, 2.05) is 33.1 Å². The van der Waals surface area contributed by atoms with Crippen LogP contribution in [0.2, 0.25) is 0 Å². The number of halogens is 3. The van der Waals surface area contributed by atoms with E-state index in [9.17, 15) is 10.1 Å². The molecular weight excluding hydrogens is 636 g/mol. The van der Waals surface area contributed by atoms with E-state index in [-0.39, 0.29) is 18.5 Å². The SMILES string of the molecule is CSc1nc2c(F)c(Br)c(I)cc2c2c1ncn2[C@H]1CCN(C(=O)OC(C)(C)C)[C@H](CC#N)C1. The molecule has 0 saturated carbocycles. The number of hydrogen-bond donors (Lipinski definition) is 0. The number of aromatic nitrogens is 3. The predicted molar refractivity (Wildman–Crippen MR) is 142 cm³/mol. The van der Waals surface area contributed by atoms with Gasteiger partial charge >= 0.3 is 6.09 Å².